The van der Waals surface area contributed by atoms with E-state index in [2.05, 4.69) is 0 Å². The van der Waals surface area contributed by atoms with Crippen molar-refractivity contribution in [2.24, 2.45) is 17.6 Å². The lowest BCUT2D eigenvalue weighted by Gasteiger charge is -2.33. The van der Waals surface area contributed by atoms with E-state index in [1.165, 1.54) is 0 Å². The Bertz CT molecular complexity index is 231. The molecule has 2 fully saturated rings. The van der Waals surface area contributed by atoms with E-state index in [9.17, 15) is 4.79 Å². The monoisotopic (exact) mass is 226 g/mol. The van der Waals surface area contributed by atoms with Crippen molar-refractivity contribution < 1.29 is 9.53 Å². The van der Waals surface area contributed by atoms with Gasteiger partial charge in [0.15, 0.2) is 0 Å². The number of rotatable bonds is 2. The Labute approximate surface area is 97.1 Å². The number of ether oxygens (including phenoxy) is 1. The second kappa shape index (κ2) is 5.64. The summed E-state index contributed by atoms with van der Waals surface area (Å²) in [5, 5.41) is 0. The van der Waals surface area contributed by atoms with Crippen LogP contribution in [0.1, 0.15) is 25.7 Å². The van der Waals surface area contributed by atoms with Crippen molar-refractivity contribution in [2.45, 2.75) is 25.7 Å². The summed E-state index contributed by atoms with van der Waals surface area (Å²) in [4.78, 5) is 14.2. The van der Waals surface area contributed by atoms with Crippen molar-refractivity contribution in [3.05, 3.63) is 0 Å². The number of nitrogens with zero attached hydrogens (tertiary/aromatic N) is 1. The molecule has 0 aromatic rings. The second-order valence-corrected chi connectivity index (χ2v) is 4.89. The quantitative estimate of drug-likeness (QED) is 0.750. The van der Waals surface area contributed by atoms with E-state index in [4.69, 9.17) is 10.5 Å². The zero-order valence-electron chi connectivity index (χ0n) is 9.86. The molecule has 0 atom stereocenters. The Morgan fingerprint density at radius 3 is 2.38 bits per heavy atom. The summed E-state index contributed by atoms with van der Waals surface area (Å²) in [5.41, 5.74) is 5.66. The summed E-state index contributed by atoms with van der Waals surface area (Å²) in [6.45, 7) is 3.72. The lowest BCUT2D eigenvalue weighted by atomic mass is 9.81. The van der Waals surface area contributed by atoms with Crippen molar-refractivity contribution in [1.29, 1.82) is 0 Å². The molecule has 92 valence electrons. The van der Waals surface area contributed by atoms with Crippen molar-refractivity contribution >= 4 is 5.91 Å². The van der Waals surface area contributed by atoms with Gasteiger partial charge in [0.2, 0.25) is 5.91 Å². The average molecular weight is 226 g/mol. The van der Waals surface area contributed by atoms with Gasteiger partial charge < -0.3 is 15.4 Å². The van der Waals surface area contributed by atoms with Gasteiger partial charge in [-0.05, 0) is 38.1 Å². The molecular formula is C12H22N2O2. The van der Waals surface area contributed by atoms with Crippen LogP contribution in [0.5, 0.6) is 0 Å². The summed E-state index contributed by atoms with van der Waals surface area (Å²) in [6, 6.07) is 0. The molecule has 0 aromatic carbocycles. The van der Waals surface area contributed by atoms with Crippen LogP contribution in [0.3, 0.4) is 0 Å². The molecule has 0 spiro atoms. The molecule has 0 aromatic heterocycles. The summed E-state index contributed by atoms with van der Waals surface area (Å²) in [6.07, 6.45) is 4.30. The second-order valence-electron chi connectivity index (χ2n) is 4.89. The molecule has 2 aliphatic rings. The molecule has 1 heterocycles. The van der Waals surface area contributed by atoms with E-state index in [1.54, 1.807) is 0 Å². The van der Waals surface area contributed by atoms with Gasteiger partial charge in [-0.1, -0.05) is 0 Å². The third-order valence-corrected chi connectivity index (χ3v) is 3.85. The van der Waals surface area contributed by atoms with Crippen LogP contribution in [0.4, 0.5) is 0 Å². The van der Waals surface area contributed by atoms with Gasteiger partial charge in [0.1, 0.15) is 0 Å². The SMILES string of the molecule is NCC1CCC(C(=O)N2CCOCC2)CC1. The van der Waals surface area contributed by atoms with E-state index in [0.717, 1.165) is 45.3 Å². The Balaban J connectivity index is 1.81. The fourth-order valence-corrected chi connectivity index (χ4v) is 2.69. The zero-order valence-corrected chi connectivity index (χ0v) is 9.86. The van der Waals surface area contributed by atoms with E-state index >= 15 is 0 Å². The lowest BCUT2D eigenvalue weighted by molar-refractivity contribution is -0.140. The van der Waals surface area contributed by atoms with Crippen molar-refractivity contribution in [3.63, 3.8) is 0 Å². The van der Waals surface area contributed by atoms with Crippen LogP contribution in [0.25, 0.3) is 0 Å². The smallest absolute Gasteiger partial charge is 0.225 e. The lowest BCUT2D eigenvalue weighted by Crippen LogP contribution is -2.44. The molecule has 1 aliphatic heterocycles. The van der Waals surface area contributed by atoms with Crippen LogP contribution in [0, 0.1) is 11.8 Å². The first-order valence-corrected chi connectivity index (χ1v) is 6.38. The van der Waals surface area contributed by atoms with Gasteiger partial charge in [0.05, 0.1) is 13.2 Å². The molecule has 4 heteroatoms. The third-order valence-electron chi connectivity index (χ3n) is 3.85. The maximum Gasteiger partial charge on any atom is 0.225 e. The highest BCUT2D eigenvalue weighted by atomic mass is 16.5. The van der Waals surface area contributed by atoms with E-state index in [0.29, 0.717) is 25.0 Å². The molecule has 4 nitrogen and oxygen atoms in total. The molecular weight excluding hydrogens is 204 g/mol. The van der Waals surface area contributed by atoms with Crippen LogP contribution in [0.2, 0.25) is 0 Å². The van der Waals surface area contributed by atoms with E-state index in [1.807, 2.05) is 4.90 Å². The predicted molar refractivity (Wildman–Crippen MR) is 61.9 cm³/mol. The highest BCUT2D eigenvalue weighted by molar-refractivity contribution is 5.79. The van der Waals surface area contributed by atoms with E-state index in [-0.39, 0.29) is 5.92 Å². The first-order valence-electron chi connectivity index (χ1n) is 6.38. The van der Waals surface area contributed by atoms with Gasteiger partial charge in [-0.2, -0.15) is 0 Å². The number of morpholine rings is 1. The Morgan fingerprint density at radius 2 is 1.81 bits per heavy atom. The topological polar surface area (TPSA) is 55.6 Å². The molecule has 16 heavy (non-hydrogen) atoms. The molecule has 0 unspecified atom stereocenters. The Morgan fingerprint density at radius 1 is 1.19 bits per heavy atom. The molecule has 1 saturated carbocycles. The highest BCUT2D eigenvalue weighted by Gasteiger charge is 2.29. The van der Waals surface area contributed by atoms with Crippen LogP contribution in [-0.4, -0.2) is 43.7 Å². The highest BCUT2D eigenvalue weighted by Crippen LogP contribution is 2.29. The fourth-order valence-electron chi connectivity index (χ4n) is 2.69. The minimum Gasteiger partial charge on any atom is -0.378 e. The summed E-state index contributed by atoms with van der Waals surface area (Å²) in [5.74, 6) is 1.24. The van der Waals surface area contributed by atoms with Crippen molar-refractivity contribution in [3.8, 4) is 0 Å². The molecule has 0 bridgehead atoms. The Kier molecular flexibility index (Phi) is 4.18. The number of hydrogen-bond donors (Lipinski definition) is 1. The maximum absolute atomic E-state index is 12.2. The largest absolute Gasteiger partial charge is 0.378 e. The van der Waals surface area contributed by atoms with Gasteiger partial charge >= 0.3 is 0 Å². The average Bonchev–Trinajstić information content (AvgIpc) is 2.39. The first-order chi connectivity index (χ1) is 7.81. The van der Waals surface area contributed by atoms with Gasteiger partial charge in [-0.3, -0.25) is 4.79 Å². The van der Waals surface area contributed by atoms with Crippen LogP contribution in [-0.2, 0) is 9.53 Å². The number of carbonyl (C=O) groups is 1. The molecule has 0 radical (unpaired) electrons. The summed E-state index contributed by atoms with van der Waals surface area (Å²) in [7, 11) is 0. The first kappa shape index (κ1) is 11.9. The van der Waals surface area contributed by atoms with Crippen molar-refractivity contribution in [2.75, 3.05) is 32.8 Å². The standard InChI is InChI=1S/C12H22N2O2/c13-9-10-1-3-11(4-2-10)12(15)14-5-7-16-8-6-14/h10-11H,1-9,13H2. The fraction of sp³-hybridized carbons (Fsp3) is 0.917. The van der Waals surface area contributed by atoms with Crippen LogP contribution < -0.4 is 5.73 Å². The molecule has 1 aliphatic carbocycles. The summed E-state index contributed by atoms with van der Waals surface area (Å²) < 4.78 is 5.26. The molecule has 1 saturated heterocycles. The van der Waals surface area contributed by atoms with Crippen LogP contribution in [0.15, 0.2) is 0 Å². The number of amides is 1. The van der Waals surface area contributed by atoms with Gasteiger partial charge in [0, 0.05) is 19.0 Å². The third kappa shape index (κ3) is 2.74. The minimum atomic E-state index is 0.251. The molecule has 2 rings (SSSR count). The van der Waals surface area contributed by atoms with Gasteiger partial charge in [0.25, 0.3) is 0 Å². The van der Waals surface area contributed by atoms with Gasteiger partial charge in [-0.15, -0.1) is 0 Å². The maximum atomic E-state index is 12.2. The Hall–Kier alpha value is -0.610. The van der Waals surface area contributed by atoms with Crippen LogP contribution >= 0.6 is 0 Å². The normalized spacial score (nSPS) is 31.4. The zero-order chi connectivity index (χ0) is 11.4. The molecule has 1 amide bonds. The van der Waals surface area contributed by atoms with Crippen molar-refractivity contribution in [1.82, 2.24) is 4.90 Å². The minimum absolute atomic E-state index is 0.251. The number of nitrogens with two attached hydrogens (primary N) is 1. The number of hydrogen-bond acceptors (Lipinski definition) is 3. The van der Waals surface area contributed by atoms with E-state index < -0.39 is 0 Å². The number of carbonyl (C=O) groups excluding carboxylic acids is 1. The van der Waals surface area contributed by atoms with Gasteiger partial charge in [-0.25, -0.2) is 0 Å². The summed E-state index contributed by atoms with van der Waals surface area (Å²) >= 11 is 0. The molecule has 2 N–H and O–H groups in total. The predicted octanol–water partition coefficient (Wildman–Crippen LogP) is 0.610.